The van der Waals surface area contributed by atoms with Crippen LogP contribution in [0.5, 0.6) is 0 Å². The molecule has 0 fully saturated rings. The van der Waals surface area contributed by atoms with Crippen LogP contribution in [0.2, 0.25) is 0 Å². The molecule has 0 atom stereocenters. The Balaban J connectivity index is 5.39. The van der Waals surface area contributed by atoms with Gasteiger partial charge in [-0.05, 0) is 31.9 Å². The van der Waals surface area contributed by atoms with Crippen molar-refractivity contribution >= 4 is 11.9 Å². The van der Waals surface area contributed by atoms with Gasteiger partial charge in [-0.3, -0.25) is 9.59 Å². The minimum Gasteiger partial charge on any atom is -0.468 e. The Bertz CT molecular complexity index is 379. The van der Waals surface area contributed by atoms with E-state index < -0.39 is 17.4 Å². The van der Waals surface area contributed by atoms with Crippen molar-refractivity contribution in [3.8, 4) is 12.3 Å². The third-order valence-electron chi connectivity index (χ3n) is 2.58. The zero-order valence-corrected chi connectivity index (χ0v) is 11.0. The van der Waals surface area contributed by atoms with E-state index in [-0.39, 0.29) is 19.3 Å². The predicted octanol–water partition coefficient (Wildman–Crippen LogP) is 1.85. The fourth-order valence-electron chi connectivity index (χ4n) is 1.58. The van der Waals surface area contributed by atoms with Gasteiger partial charge in [-0.2, -0.15) is 0 Å². The zero-order chi connectivity index (χ0) is 14.0. The van der Waals surface area contributed by atoms with Gasteiger partial charge in [-0.15, -0.1) is 18.1 Å². The fourth-order valence-corrected chi connectivity index (χ4v) is 1.58. The summed E-state index contributed by atoms with van der Waals surface area (Å²) in [4.78, 5) is 23.8. The normalized spacial score (nSPS) is 9.67. The van der Waals surface area contributed by atoms with Crippen LogP contribution in [0.15, 0.2) is 17.9 Å². The third kappa shape index (κ3) is 3.80. The SMILES string of the molecule is C#CCCC(CC=C=CC)(C(=O)OC)C(=O)OC. The Morgan fingerprint density at radius 2 is 1.83 bits per heavy atom. The van der Waals surface area contributed by atoms with E-state index in [2.05, 4.69) is 11.7 Å². The number of esters is 2. The maximum absolute atomic E-state index is 11.9. The highest BCUT2D eigenvalue weighted by Gasteiger charge is 2.46. The zero-order valence-electron chi connectivity index (χ0n) is 11.0. The molecule has 0 saturated carbocycles. The number of terminal acetylenes is 1. The molecule has 0 saturated heterocycles. The molecular formula is C14H18O4. The number of rotatable bonds is 6. The lowest BCUT2D eigenvalue weighted by molar-refractivity contribution is -0.169. The van der Waals surface area contributed by atoms with Crippen molar-refractivity contribution < 1.29 is 19.1 Å². The van der Waals surface area contributed by atoms with Gasteiger partial charge in [0, 0.05) is 6.42 Å². The second kappa shape index (κ2) is 8.16. The largest absolute Gasteiger partial charge is 0.468 e. The first-order chi connectivity index (χ1) is 8.58. The van der Waals surface area contributed by atoms with Gasteiger partial charge in [-0.25, -0.2) is 0 Å². The lowest BCUT2D eigenvalue weighted by atomic mass is 9.80. The summed E-state index contributed by atoms with van der Waals surface area (Å²) < 4.78 is 9.40. The molecule has 0 bridgehead atoms. The molecular weight excluding hydrogens is 232 g/mol. The first-order valence-electron chi connectivity index (χ1n) is 5.55. The second-order valence-corrected chi connectivity index (χ2v) is 3.63. The first kappa shape index (κ1) is 16.0. The highest BCUT2D eigenvalue weighted by Crippen LogP contribution is 2.32. The Labute approximate surface area is 108 Å². The van der Waals surface area contributed by atoms with Crippen LogP contribution in [0.3, 0.4) is 0 Å². The Morgan fingerprint density at radius 3 is 2.22 bits per heavy atom. The van der Waals surface area contributed by atoms with Crippen molar-refractivity contribution in [1.29, 1.82) is 0 Å². The summed E-state index contributed by atoms with van der Waals surface area (Å²) >= 11 is 0. The molecule has 0 heterocycles. The number of methoxy groups -OCH3 is 2. The van der Waals surface area contributed by atoms with Gasteiger partial charge in [0.1, 0.15) is 0 Å². The summed E-state index contributed by atoms with van der Waals surface area (Å²) in [6, 6.07) is 0. The van der Waals surface area contributed by atoms with Crippen LogP contribution in [-0.2, 0) is 19.1 Å². The van der Waals surface area contributed by atoms with Crippen LogP contribution in [0.4, 0.5) is 0 Å². The third-order valence-corrected chi connectivity index (χ3v) is 2.58. The van der Waals surface area contributed by atoms with Crippen molar-refractivity contribution in [2.75, 3.05) is 14.2 Å². The molecule has 0 unspecified atom stereocenters. The molecule has 0 radical (unpaired) electrons. The van der Waals surface area contributed by atoms with Gasteiger partial charge >= 0.3 is 11.9 Å². The van der Waals surface area contributed by atoms with E-state index in [9.17, 15) is 9.59 Å². The van der Waals surface area contributed by atoms with Gasteiger partial charge in [0.15, 0.2) is 5.41 Å². The van der Waals surface area contributed by atoms with E-state index in [1.807, 2.05) is 0 Å². The van der Waals surface area contributed by atoms with Crippen LogP contribution < -0.4 is 0 Å². The van der Waals surface area contributed by atoms with Crippen LogP contribution in [0.1, 0.15) is 26.2 Å². The summed E-state index contributed by atoms with van der Waals surface area (Å²) in [7, 11) is 2.46. The summed E-state index contributed by atoms with van der Waals surface area (Å²) in [6.07, 6.45) is 9.09. The molecule has 0 aromatic carbocycles. The van der Waals surface area contributed by atoms with E-state index in [1.165, 1.54) is 14.2 Å². The lowest BCUT2D eigenvalue weighted by Gasteiger charge is -2.25. The minimum atomic E-state index is -1.38. The predicted molar refractivity (Wildman–Crippen MR) is 67.5 cm³/mol. The summed E-state index contributed by atoms with van der Waals surface area (Å²) in [5.74, 6) is 1.13. The molecule has 0 spiro atoms. The van der Waals surface area contributed by atoms with Crippen molar-refractivity contribution in [3.05, 3.63) is 17.9 Å². The van der Waals surface area contributed by atoms with Gasteiger partial charge < -0.3 is 9.47 Å². The maximum atomic E-state index is 11.9. The van der Waals surface area contributed by atoms with E-state index in [0.717, 1.165) is 0 Å². The number of carbonyl (C=O) groups is 2. The number of allylic oxidation sites excluding steroid dienone is 1. The highest BCUT2D eigenvalue weighted by atomic mass is 16.5. The van der Waals surface area contributed by atoms with Gasteiger partial charge in [0.25, 0.3) is 0 Å². The average molecular weight is 250 g/mol. The lowest BCUT2D eigenvalue weighted by Crippen LogP contribution is -2.40. The molecule has 18 heavy (non-hydrogen) atoms. The number of carbonyl (C=O) groups excluding carboxylic acids is 2. The molecule has 4 heteroatoms. The molecule has 0 aromatic heterocycles. The topological polar surface area (TPSA) is 52.6 Å². The number of hydrogen-bond donors (Lipinski definition) is 0. The maximum Gasteiger partial charge on any atom is 0.323 e. The minimum absolute atomic E-state index is 0.151. The van der Waals surface area contributed by atoms with Crippen LogP contribution in [0.25, 0.3) is 0 Å². The first-order valence-corrected chi connectivity index (χ1v) is 5.55. The van der Waals surface area contributed by atoms with Gasteiger partial charge in [0.2, 0.25) is 0 Å². The fraction of sp³-hybridized carbons (Fsp3) is 0.500. The average Bonchev–Trinajstić information content (AvgIpc) is 2.41. The molecule has 0 N–H and O–H groups in total. The van der Waals surface area contributed by atoms with E-state index >= 15 is 0 Å². The molecule has 0 aliphatic carbocycles. The monoisotopic (exact) mass is 250 g/mol. The Hall–Kier alpha value is -1.98. The molecule has 98 valence electrons. The standard InChI is InChI=1S/C14H18O4/c1-5-7-9-11-14(10-8-6-2,12(15)17-3)13(16)18-4/h2,5,9H,8,10-11H2,1,3-4H3. The van der Waals surface area contributed by atoms with Crippen LogP contribution >= 0.6 is 0 Å². The number of ether oxygens (including phenoxy) is 2. The van der Waals surface area contributed by atoms with Crippen LogP contribution in [-0.4, -0.2) is 26.2 Å². The summed E-state index contributed by atoms with van der Waals surface area (Å²) in [6.45, 7) is 1.79. The smallest absolute Gasteiger partial charge is 0.323 e. The molecule has 0 rings (SSSR count). The molecule has 4 nitrogen and oxygen atoms in total. The second-order valence-electron chi connectivity index (χ2n) is 3.63. The Morgan fingerprint density at radius 1 is 1.28 bits per heavy atom. The van der Waals surface area contributed by atoms with Crippen molar-refractivity contribution in [2.45, 2.75) is 26.2 Å². The van der Waals surface area contributed by atoms with E-state index in [0.29, 0.717) is 0 Å². The highest BCUT2D eigenvalue weighted by molar-refractivity contribution is 6.00. The van der Waals surface area contributed by atoms with Gasteiger partial charge in [-0.1, -0.05) is 0 Å². The summed E-state index contributed by atoms with van der Waals surface area (Å²) in [5, 5.41) is 0. The molecule has 0 amide bonds. The number of hydrogen-bond acceptors (Lipinski definition) is 4. The van der Waals surface area contributed by atoms with Crippen molar-refractivity contribution in [3.63, 3.8) is 0 Å². The van der Waals surface area contributed by atoms with Gasteiger partial charge in [0.05, 0.1) is 14.2 Å². The Kier molecular flexibility index (Phi) is 7.26. The van der Waals surface area contributed by atoms with Crippen LogP contribution in [0, 0.1) is 17.8 Å². The van der Waals surface area contributed by atoms with E-state index in [1.54, 1.807) is 19.1 Å². The molecule has 0 aliphatic heterocycles. The molecule has 0 aromatic rings. The van der Waals surface area contributed by atoms with Crippen molar-refractivity contribution in [2.24, 2.45) is 5.41 Å². The van der Waals surface area contributed by atoms with Crippen molar-refractivity contribution in [1.82, 2.24) is 0 Å². The summed E-state index contributed by atoms with van der Waals surface area (Å²) in [5.41, 5.74) is 1.44. The molecule has 0 aliphatic rings. The van der Waals surface area contributed by atoms with E-state index in [4.69, 9.17) is 15.9 Å². The quantitative estimate of drug-likeness (QED) is 0.312.